The predicted octanol–water partition coefficient (Wildman–Crippen LogP) is 3.69. The van der Waals surface area contributed by atoms with Crippen molar-refractivity contribution in [3.05, 3.63) is 66.3 Å². The van der Waals surface area contributed by atoms with Crippen LogP contribution >= 0.6 is 0 Å². The highest BCUT2D eigenvalue weighted by atomic mass is 16.5. The summed E-state index contributed by atoms with van der Waals surface area (Å²) in [5.41, 5.74) is 2.14. The van der Waals surface area contributed by atoms with Gasteiger partial charge >= 0.3 is 0 Å². The molecule has 0 N–H and O–H groups in total. The van der Waals surface area contributed by atoms with Crippen LogP contribution in [0.3, 0.4) is 0 Å². The van der Waals surface area contributed by atoms with Crippen LogP contribution in [0.25, 0.3) is 11.4 Å². The van der Waals surface area contributed by atoms with Crippen molar-refractivity contribution in [3.8, 4) is 11.4 Å². The molecule has 1 aliphatic heterocycles. The first-order chi connectivity index (χ1) is 13.8. The molecule has 2 aromatic heterocycles. The van der Waals surface area contributed by atoms with Crippen LogP contribution in [0.15, 0.2) is 59.4 Å². The first kappa shape index (κ1) is 18.3. The zero-order chi connectivity index (χ0) is 19.2. The molecular formula is C22H24N4O2. The molecule has 3 aromatic rings. The van der Waals surface area contributed by atoms with Gasteiger partial charge in [-0.15, -0.1) is 0 Å². The molecule has 1 atom stereocenters. The second-order valence-electron chi connectivity index (χ2n) is 7.16. The lowest BCUT2D eigenvalue weighted by Crippen LogP contribution is -2.36. The molecule has 144 valence electrons. The standard InChI is InChI=1S/C22H24N4O2/c27-21(13-12-20-24-22(25-28-20)18-8-4-14-23-16-18)26-15-5-9-19(26)11-10-17-6-2-1-3-7-17/h1-4,6-8,14,16,19H,5,9-13,15H2. The Morgan fingerprint density at radius 3 is 2.86 bits per heavy atom. The van der Waals surface area contributed by atoms with Gasteiger partial charge in [-0.2, -0.15) is 4.98 Å². The Hall–Kier alpha value is -3.02. The number of likely N-dealkylation sites (tertiary alicyclic amines) is 1. The topological polar surface area (TPSA) is 72.1 Å². The third kappa shape index (κ3) is 4.44. The summed E-state index contributed by atoms with van der Waals surface area (Å²) in [4.78, 5) is 23.2. The molecule has 4 rings (SSSR count). The first-order valence-corrected chi connectivity index (χ1v) is 9.86. The van der Waals surface area contributed by atoms with Crippen molar-refractivity contribution in [1.29, 1.82) is 0 Å². The molecule has 28 heavy (non-hydrogen) atoms. The predicted molar refractivity (Wildman–Crippen MR) is 105 cm³/mol. The van der Waals surface area contributed by atoms with Crippen LogP contribution in [0.5, 0.6) is 0 Å². The molecule has 1 amide bonds. The van der Waals surface area contributed by atoms with Crippen LogP contribution in [0.2, 0.25) is 0 Å². The number of aromatic nitrogens is 3. The Morgan fingerprint density at radius 1 is 1.14 bits per heavy atom. The van der Waals surface area contributed by atoms with Crippen molar-refractivity contribution < 1.29 is 9.32 Å². The number of rotatable bonds is 7. The molecule has 0 saturated carbocycles. The number of carbonyl (C=O) groups excluding carboxylic acids is 1. The monoisotopic (exact) mass is 376 g/mol. The Kier molecular flexibility index (Phi) is 5.75. The van der Waals surface area contributed by atoms with E-state index in [-0.39, 0.29) is 5.91 Å². The molecule has 1 aromatic carbocycles. The maximum Gasteiger partial charge on any atom is 0.227 e. The van der Waals surface area contributed by atoms with Crippen molar-refractivity contribution in [3.63, 3.8) is 0 Å². The minimum atomic E-state index is 0.177. The second-order valence-corrected chi connectivity index (χ2v) is 7.16. The lowest BCUT2D eigenvalue weighted by molar-refractivity contribution is -0.132. The summed E-state index contributed by atoms with van der Waals surface area (Å²) < 4.78 is 5.30. The van der Waals surface area contributed by atoms with E-state index in [0.29, 0.717) is 30.6 Å². The van der Waals surface area contributed by atoms with E-state index in [9.17, 15) is 4.79 Å². The average molecular weight is 376 g/mol. The van der Waals surface area contributed by atoms with E-state index in [2.05, 4.69) is 39.4 Å². The summed E-state index contributed by atoms with van der Waals surface area (Å²) in [5, 5.41) is 3.99. The minimum Gasteiger partial charge on any atom is -0.340 e. The Bertz CT molecular complexity index is 895. The first-order valence-electron chi connectivity index (χ1n) is 9.86. The zero-order valence-corrected chi connectivity index (χ0v) is 15.8. The van der Waals surface area contributed by atoms with Crippen LogP contribution in [0, 0.1) is 0 Å². The summed E-state index contributed by atoms with van der Waals surface area (Å²) in [5.74, 6) is 1.18. The molecule has 3 heterocycles. The normalized spacial score (nSPS) is 16.4. The van der Waals surface area contributed by atoms with Crippen LogP contribution < -0.4 is 0 Å². The number of aryl methyl sites for hydroxylation is 2. The van der Waals surface area contributed by atoms with Crippen LogP contribution in [-0.4, -0.2) is 38.5 Å². The lowest BCUT2D eigenvalue weighted by Gasteiger charge is -2.24. The second kappa shape index (κ2) is 8.78. The number of benzene rings is 1. The van der Waals surface area contributed by atoms with Gasteiger partial charge in [-0.05, 0) is 43.4 Å². The Balaban J connectivity index is 1.30. The van der Waals surface area contributed by atoms with Gasteiger partial charge in [-0.25, -0.2) is 0 Å². The Labute approximate surface area is 164 Å². The highest BCUT2D eigenvalue weighted by molar-refractivity contribution is 5.77. The molecule has 1 unspecified atom stereocenters. The van der Waals surface area contributed by atoms with Gasteiger partial charge in [0.1, 0.15) is 0 Å². The van der Waals surface area contributed by atoms with Crippen molar-refractivity contribution in [2.24, 2.45) is 0 Å². The minimum absolute atomic E-state index is 0.177. The highest BCUT2D eigenvalue weighted by Gasteiger charge is 2.28. The molecule has 0 bridgehead atoms. The fourth-order valence-electron chi connectivity index (χ4n) is 3.77. The van der Waals surface area contributed by atoms with E-state index in [0.717, 1.165) is 37.8 Å². The third-order valence-corrected chi connectivity index (χ3v) is 5.25. The molecule has 6 heteroatoms. The van der Waals surface area contributed by atoms with E-state index in [4.69, 9.17) is 4.52 Å². The van der Waals surface area contributed by atoms with Gasteiger partial charge in [-0.3, -0.25) is 9.78 Å². The fourth-order valence-corrected chi connectivity index (χ4v) is 3.77. The quantitative estimate of drug-likeness (QED) is 0.629. The smallest absolute Gasteiger partial charge is 0.227 e. The summed E-state index contributed by atoms with van der Waals surface area (Å²) in [6.07, 6.45) is 8.45. The zero-order valence-electron chi connectivity index (χ0n) is 15.8. The average Bonchev–Trinajstić information content (AvgIpc) is 3.41. The summed E-state index contributed by atoms with van der Waals surface area (Å²) >= 11 is 0. The van der Waals surface area contributed by atoms with Crippen molar-refractivity contribution in [2.75, 3.05) is 6.54 Å². The summed E-state index contributed by atoms with van der Waals surface area (Å²) in [6.45, 7) is 0.850. The van der Waals surface area contributed by atoms with Gasteiger partial charge in [-0.1, -0.05) is 35.5 Å². The van der Waals surface area contributed by atoms with Crippen molar-refractivity contribution in [2.45, 2.75) is 44.6 Å². The number of hydrogen-bond donors (Lipinski definition) is 0. The van der Waals surface area contributed by atoms with Crippen molar-refractivity contribution >= 4 is 5.91 Å². The SMILES string of the molecule is O=C(CCc1nc(-c2cccnc2)no1)N1CCCC1CCc1ccccc1. The van der Waals surface area contributed by atoms with Gasteiger partial charge in [0.15, 0.2) is 0 Å². The third-order valence-electron chi connectivity index (χ3n) is 5.25. The molecule has 0 aliphatic carbocycles. The van der Waals surface area contributed by atoms with E-state index in [1.54, 1.807) is 12.4 Å². The number of amides is 1. The summed E-state index contributed by atoms with van der Waals surface area (Å²) in [6, 6.07) is 14.5. The number of pyridine rings is 1. The van der Waals surface area contributed by atoms with E-state index in [1.165, 1.54) is 5.56 Å². The van der Waals surface area contributed by atoms with Gasteiger partial charge in [0.05, 0.1) is 0 Å². The molecule has 1 saturated heterocycles. The number of nitrogens with zero attached hydrogens (tertiary/aromatic N) is 4. The van der Waals surface area contributed by atoms with Crippen LogP contribution in [0.1, 0.15) is 37.1 Å². The molecule has 1 aliphatic rings. The van der Waals surface area contributed by atoms with Crippen LogP contribution in [0.4, 0.5) is 0 Å². The van der Waals surface area contributed by atoms with Crippen molar-refractivity contribution in [1.82, 2.24) is 20.0 Å². The lowest BCUT2D eigenvalue weighted by atomic mass is 10.0. The maximum absolute atomic E-state index is 12.7. The Morgan fingerprint density at radius 2 is 2.04 bits per heavy atom. The van der Waals surface area contributed by atoms with Gasteiger partial charge < -0.3 is 9.42 Å². The molecule has 0 spiro atoms. The highest BCUT2D eigenvalue weighted by Crippen LogP contribution is 2.23. The summed E-state index contributed by atoms with van der Waals surface area (Å²) in [7, 11) is 0. The van der Waals surface area contributed by atoms with Gasteiger partial charge in [0, 0.05) is 43.4 Å². The molecule has 1 fully saturated rings. The van der Waals surface area contributed by atoms with E-state index < -0.39 is 0 Å². The van der Waals surface area contributed by atoms with E-state index >= 15 is 0 Å². The fraction of sp³-hybridized carbons (Fsp3) is 0.364. The number of carbonyl (C=O) groups is 1. The van der Waals surface area contributed by atoms with Crippen LogP contribution in [-0.2, 0) is 17.6 Å². The largest absolute Gasteiger partial charge is 0.340 e. The van der Waals surface area contributed by atoms with E-state index in [1.807, 2.05) is 23.1 Å². The maximum atomic E-state index is 12.7. The molecule has 0 radical (unpaired) electrons. The van der Waals surface area contributed by atoms with Gasteiger partial charge in [0.25, 0.3) is 0 Å². The van der Waals surface area contributed by atoms with Gasteiger partial charge in [0.2, 0.25) is 17.6 Å². The molecule has 6 nitrogen and oxygen atoms in total. The number of hydrogen-bond acceptors (Lipinski definition) is 5. The molecular weight excluding hydrogens is 352 g/mol.